The smallest absolute Gasteiger partial charge is 0.133 e. The Kier molecular flexibility index (Phi) is 3.73. The zero-order valence-corrected chi connectivity index (χ0v) is 12.8. The van der Waals surface area contributed by atoms with Gasteiger partial charge in [-0.2, -0.15) is 0 Å². The average Bonchev–Trinajstić information content (AvgIpc) is 2.78. The second-order valence-corrected chi connectivity index (χ2v) is 6.18. The van der Waals surface area contributed by atoms with Gasteiger partial charge in [-0.3, -0.25) is 0 Å². The molecule has 21 heavy (non-hydrogen) atoms. The molecule has 110 valence electrons. The number of benzene rings is 2. The van der Waals surface area contributed by atoms with E-state index < -0.39 is 6.10 Å². The molecule has 1 aliphatic rings. The standard InChI is InChI=1S/C19H22O2/c1-12(2)14-9-8-13(3)17(10-14)21-18-11-15-6-4-5-7-16(15)19(18)20/h4-10,12,18-20H,11H2,1-3H3. The maximum atomic E-state index is 10.4. The van der Waals surface area contributed by atoms with Crippen LogP contribution >= 0.6 is 0 Å². The molecule has 0 aliphatic heterocycles. The van der Waals surface area contributed by atoms with E-state index in [1.807, 2.05) is 25.1 Å². The van der Waals surface area contributed by atoms with Crippen LogP contribution in [0, 0.1) is 6.92 Å². The van der Waals surface area contributed by atoms with Gasteiger partial charge in [-0.15, -0.1) is 0 Å². The predicted molar refractivity (Wildman–Crippen MR) is 84.8 cm³/mol. The van der Waals surface area contributed by atoms with Crippen molar-refractivity contribution in [3.05, 3.63) is 64.7 Å². The Bertz CT molecular complexity index is 646. The van der Waals surface area contributed by atoms with Crippen molar-refractivity contribution in [3.8, 4) is 5.75 Å². The van der Waals surface area contributed by atoms with Crippen molar-refractivity contribution in [2.75, 3.05) is 0 Å². The number of rotatable bonds is 3. The van der Waals surface area contributed by atoms with Gasteiger partial charge in [-0.25, -0.2) is 0 Å². The quantitative estimate of drug-likeness (QED) is 0.916. The molecule has 2 aromatic carbocycles. The highest BCUT2D eigenvalue weighted by Crippen LogP contribution is 2.35. The number of ether oxygens (including phenoxy) is 1. The molecule has 0 saturated heterocycles. The van der Waals surface area contributed by atoms with Crippen molar-refractivity contribution < 1.29 is 9.84 Å². The van der Waals surface area contributed by atoms with Crippen LogP contribution in [0.15, 0.2) is 42.5 Å². The van der Waals surface area contributed by atoms with E-state index in [9.17, 15) is 5.11 Å². The lowest BCUT2D eigenvalue weighted by Gasteiger charge is -2.20. The summed E-state index contributed by atoms with van der Waals surface area (Å²) >= 11 is 0. The van der Waals surface area contributed by atoms with Crippen molar-refractivity contribution in [1.82, 2.24) is 0 Å². The number of aryl methyl sites for hydroxylation is 1. The van der Waals surface area contributed by atoms with Crippen molar-refractivity contribution in [3.63, 3.8) is 0 Å². The number of fused-ring (bicyclic) bond motifs is 1. The summed E-state index contributed by atoms with van der Waals surface area (Å²) in [5.74, 6) is 1.36. The normalized spacial score (nSPS) is 20.6. The highest BCUT2D eigenvalue weighted by atomic mass is 16.5. The minimum atomic E-state index is -0.539. The molecule has 0 radical (unpaired) electrons. The summed E-state index contributed by atoms with van der Waals surface area (Å²) in [5.41, 5.74) is 4.57. The minimum Gasteiger partial charge on any atom is -0.487 e. The van der Waals surface area contributed by atoms with Crippen LogP contribution in [0.4, 0.5) is 0 Å². The Labute approximate surface area is 126 Å². The maximum Gasteiger partial charge on any atom is 0.133 e. The lowest BCUT2D eigenvalue weighted by Crippen LogP contribution is -2.22. The number of hydrogen-bond donors (Lipinski definition) is 1. The van der Waals surface area contributed by atoms with Crippen molar-refractivity contribution in [1.29, 1.82) is 0 Å². The van der Waals surface area contributed by atoms with Crippen molar-refractivity contribution in [2.45, 2.75) is 45.3 Å². The van der Waals surface area contributed by atoms with E-state index >= 15 is 0 Å². The summed E-state index contributed by atoms with van der Waals surface area (Å²) in [4.78, 5) is 0. The SMILES string of the molecule is Cc1ccc(C(C)C)cc1OC1Cc2ccccc2C1O. The van der Waals surface area contributed by atoms with Crippen LogP contribution in [0.25, 0.3) is 0 Å². The van der Waals surface area contributed by atoms with Gasteiger partial charge in [-0.1, -0.05) is 50.2 Å². The Hall–Kier alpha value is -1.80. The molecule has 0 saturated carbocycles. The molecule has 3 rings (SSSR count). The Morgan fingerprint density at radius 2 is 1.90 bits per heavy atom. The fourth-order valence-corrected chi connectivity index (χ4v) is 2.91. The van der Waals surface area contributed by atoms with E-state index in [0.29, 0.717) is 5.92 Å². The molecular weight excluding hydrogens is 260 g/mol. The Morgan fingerprint density at radius 1 is 1.14 bits per heavy atom. The molecule has 0 amide bonds. The first-order valence-electron chi connectivity index (χ1n) is 7.59. The third kappa shape index (κ3) is 2.68. The van der Waals surface area contributed by atoms with Gasteiger partial charge in [0.25, 0.3) is 0 Å². The topological polar surface area (TPSA) is 29.5 Å². The van der Waals surface area contributed by atoms with Crippen LogP contribution in [0.5, 0.6) is 5.75 Å². The van der Waals surface area contributed by atoms with E-state index in [2.05, 4.69) is 38.1 Å². The van der Waals surface area contributed by atoms with Gasteiger partial charge in [0.1, 0.15) is 18.0 Å². The second-order valence-electron chi connectivity index (χ2n) is 6.18. The fraction of sp³-hybridized carbons (Fsp3) is 0.368. The van der Waals surface area contributed by atoms with Gasteiger partial charge in [0.15, 0.2) is 0 Å². The summed E-state index contributed by atoms with van der Waals surface area (Å²) in [5, 5.41) is 10.4. The Balaban J connectivity index is 1.84. The number of aliphatic hydroxyl groups is 1. The van der Waals surface area contributed by atoms with Gasteiger partial charge >= 0.3 is 0 Å². The van der Waals surface area contributed by atoms with Gasteiger partial charge in [0.05, 0.1) is 0 Å². The van der Waals surface area contributed by atoms with Gasteiger partial charge in [-0.05, 0) is 41.2 Å². The third-order valence-electron chi connectivity index (χ3n) is 4.30. The Morgan fingerprint density at radius 3 is 2.62 bits per heavy atom. The molecule has 0 bridgehead atoms. The molecule has 2 atom stereocenters. The monoisotopic (exact) mass is 282 g/mol. The summed E-state index contributed by atoms with van der Waals surface area (Å²) in [7, 11) is 0. The molecule has 0 spiro atoms. The predicted octanol–water partition coefficient (Wildman–Crippen LogP) is 4.16. The second kappa shape index (κ2) is 5.53. The molecule has 0 fully saturated rings. The summed E-state index contributed by atoms with van der Waals surface area (Å²) in [6, 6.07) is 14.4. The van der Waals surface area contributed by atoms with Crippen molar-refractivity contribution in [2.24, 2.45) is 0 Å². The van der Waals surface area contributed by atoms with E-state index in [4.69, 9.17) is 4.74 Å². The van der Waals surface area contributed by atoms with Crippen LogP contribution in [-0.2, 0) is 6.42 Å². The first kappa shape index (κ1) is 14.2. The van der Waals surface area contributed by atoms with Crippen molar-refractivity contribution >= 4 is 0 Å². The first-order valence-corrected chi connectivity index (χ1v) is 7.59. The van der Waals surface area contributed by atoms with Gasteiger partial charge < -0.3 is 9.84 Å². The summed E-state index contributed by atoms with van der Waals surface area (Å²) < 4.78 is 6.14. The van der Waals surface area contributed by atoms with Crippen LogP contribution in [0.3, 0.4) is 0 Å². The largest absolute Gasteiger partial charge is 0.487 e. The molecule has 2 nitrogen and oxygen atoms in total. The lowest BCUT2D eigenvalue weighted by molar-refractivity contribution is 0.0489. The number of aliphatic hydroxyl groups excluding tert-OH is 1. The van der Waals surface area contributed by atoms with Gasteiger partial charge in [0.2, 0.25) is 0 Å². The summed E-state index contributed by atoms with van der Waals surface area (Å²) in [6.07, 6.45) is 0.0368. The van der Waals surface area contributed by atoms with Crippen LogP contribution in [0.2, 0.25) is 0 Å². The van der Waals surface area contributed by atoms with Gasteiger partial charge in [0, 0.05) is 6.42 Å². The zero-order valence-electron chi connectivity index (χ0n) is 12.8. The molecule has 0 heterocycles. The summed E-state index contributed by atoms with van der Waals surface area (Å²) in [6.45, 7) is 6.40. The molecule has 2 aromatic rings. The number of hydrogen-bond acceptors (Lipinski definition) is 2. The van der Waals surface area contributed by atoms with E-state index in [1.165, 1.54) is 11.1 Å². The van der Waals surface area contributed by atoms with E-state index in [0.717, 1.165) is 23.3 Å². The third-order valence-corrected chi connectivity index (χ3v) is 4.30. The first-order chi connectivity index (χ1) is 10.1. The lowest BCUT2D eigenvalue weighted by atomic mass is 10.0. The molecule has 2 unspecified atom stereocenters. The fourth-order valence-electron chi connectivity index (χ4n) is 2.91. The average molecular weight is 282 g/mol. The maximum absolute atomic E-state index is 10.4. The molecule has 2 heteroatoms. The molecule has 1 N–H and O–H groups in total. The van der Waals surface area contributed by atoms with E-state index in [-0.39, 0.29) is 6.10 Å². The van der Waals surface area contributed by atoms with Crippen LogP contribution < -0.4 is 4.74 Å². The highest BCUT2D eigenvalue weighted by Gasteiger charge is 2.32. The molecule has 0 aromatic heterocycles. The van der Waals surface area contributed by atoms with Crippen LogP contribution in [-0.4, -0.2) is 11.2 Å². The molecule has 1 aliphatic carbocycles. The zero-order chi connectivity index (χ0) is 15.0. The van der Waals surface area contributed by atoms with Crippen LogP contribution in [0.1, 0.15) is 48.1 Å². The van der Waals surface area contributed by atoms with E-state index in [1.54, 1.807) is 0 Å². The minimum absolute atomic E-state index is 0.191. The highest BCUT2D eigenvalue weighted by molar-refractivity contribution is 5.40. The molecular formula is C19H22O2.